The predicted octanol–water partition coefficient (Wildman–Crippen LogP) is -0.0198. The van der Waals surface area contributed by atoms with Gasteiger partial charge in [0, 0.05) is 39.0 Å². The highest BCUT2D eigenvalue weighted by Crippen LogP contribution is 2.21. The highest BCUT2D eigenvalue weighted by Gasteiger charge is 2.31. The summed E-state index contributed by atoms with van der Waals surface area (Å²) < 4.78 is 28.3. The van der Waals surface area contributed by atoms with E-state index in [2.05, 4.69) is 10.00 Å². The van der Waals surface area contributed by atoms with E-state index in [-0.39, 0.29) is 17.5 Å². The van der Waals surface area contributed by atoms with Crippen molar-refractivity contribution in [3.8, 4) is 0 Å². The molecule has 8 heteroatoms. The Hall–Kier alpha value is -0.960. The predicted molar refractivity (Wildman–Crippen MR) is 79.4 cm³/mol. The number of aryl methyl sites for hydroxylation is 1. The summed E-state index contributed by atoms with van der Waals surface area (Å²) in [7, 11) is 0.151. The van der Waals surface area contributed by atoms with Gasteiger partial charge in [-0.3, -0.25) is 4.68 Å². The molecule has 7 nitrogen and oxygen atoms in total. The van der Waals surface area contributed by atoms with E-state index in [0.29, 0.717) is 13.0 Å². The molecule has 1 unspecified atom stereocenters. The maximum Gasteiger partial charge on any atom is 0.246 e. The third-order valence-electron chi connectivity index (χ3n) is 3.95. The minimum absolute atomic E-state index is 0.00884. The zero-order chi connectivity index (χ0) is 15.5. The van der Waals surface area contributed by atoms with Crippen LogP contribution in [-0.4, -0.2) is 72.3 Å². The molecular weight excluding hydrogens is 292 g/mol. The quantitative estimate of drug-likeness (QED) is 0.798. The molecule has 0 amide bonds. The van der Waals surface area contributed by atoms with Gasteiger partial charge in [-0.1, -0.05) is 0 Å². The van der Waals surface area contributed by atoms with E-state index < -0.39 is 10.0 Å². The van der Waals surface area contributed by atoms with E-state index in [0.717, 1.165) is 25.9 Å². The lowest BCUT2D eigenvalue weighted by atomic mass is 10.1. The molecule has 0 spiro atoms. The molecule has 120 valence electrons. The summed E-state index contributed by atoms with van der Waals surface area (Å²) in [5, 5.41) is 12.9. The highest BCUT2D eigenvalue weighted by molar-refractivity contribution is 7.89. The first-order valence-corrected chi connectivity index (χ1v) is 8.69. The van der Waals surface area contributed by atoms with Gasteiger partial charge in [-0.25, -0.2) is 8.42 Å². The zero-order valence-corrected chi connectivity index (χ0v) is 13.5. The number of sulfonamides is 1. The van der Waals surface area contributed by atoms with Gasteiger partial charge in [0.05, 0.1) is 6.20 Å². The topological polar surface area (TPSA) is 78.7 Å². The van der Waals surface area contributed by atoms with Gasteiger partial charge in [0.1, 0.15) is 4.90 Å². The van der Waals surface area contributed by atoms with Crippen molar-refractivity contribution in [1.82, 2.24) is 19.0 Å². The first kappa shape index (κ1) is 16.4. The van der Waals surface area contributed by atoms with Gasteiger partial charge < -0.3 is 10.0 Å². The van der Waals surface area contributed by atoms with Crippen LogP contribution in [0.4, 0.5) is 0 Å². The van der Waals surface area contributed by atoms with Crippen LogP contribution in [-0.2, 0) is 16.6 Å². The lowest BCUT2D eigenvalue weighted by Crippen LogP contribution is -2.47. The van der Waals surface area contributed by atoms with Gasteiger partial charge >= 0.3 is 0 Å². The molecule has 0 saturated carbocycles. The number of aliphatic hydroxyl groups is 1. The molecule has 1 aromatic heterocycles. The van der Waals surface area contributed by atoms with Crippen LogP contribution in [0.2, 0.25) is 0 Å². The number of hydrogen-bond acceptors (Lipinski definition) is 5. The lowest BCUT2D eigenvalue weighted by molar-refractivity contribution is 0.187. The van der Waals surface area contributed by atoms with Crippen molar-refractivity contribution < 1.29 is 13.5 Å². The van der Waals surface area contributed by atoms with Gasteiger partial charge in [-0.2, -0.15) is 9.40 Å². The van der Waals surface area contributed by atoms with Gasteiger partial charge in [0.15, 0.2) is 0 Å². The van der Waals surface area contributed by atoms with Crippen LogP contribution in [0.5, 0.6) is 0 Å². The van der Waals surface area contributed by atoms with Crippen LogP contribution in [0.3, 0.4) is 0 Å². The Morgan fingerprint density at radius 3 is 2.95 bits per heavy atom. The molecule has 0 bridgehead atoms. The fourth-order valence-electron chi connectivity index (χ4n) is 2.63. The second-order valence-electron chi connectivity index (χ2n) is 5.60. The van der Waals surface area contributed by atoms with Crippen LogP contribution in [0, 0.1) is 0 Å². The van der Waals surface area contributed by atoms with Crippen LogP contribution in [0.15, 0.2) is 17.3 Å². The average molecular weight is 316 g/mol. The number of rotatable bonds is 6. The van der Waals surface area contributed by atoms with Gasteiger partial charge in [0.25, 0.3) is 0 Å². The minimum Gasteiger partial charge on any atom is -0.396 e. The number of nitrogens with zero attached hydrogens (tertiary/aromatic N) is 4. The Bertz CT molecular complexity index is 558. The van der Waals surface area contributed by atoms with Crippen molar-refractivity contribution in [3.63, 3.8) is 0 Å². The summed E-state index contributed by atoms with van der Waals surface area (Å²) in [5.74, 6) is 0. The molecule has 0 aromatic carbocycles. The number of aliphatic hydroxyl groups excluding tert-OH is 1. The van der Waals surface area contributed by atoms with E-state index in [9.17, 15) is 8.42 Å². The number of piperidine rings is 1. The molecule has 1 aromatic rings. The normalized spacial score (nSPS) is 21.0. The lowest BCUT2D eigenvalue weighted by Gasteiger charge is -2.34. The molecule has 1 fully saturated rings. The molecule has 1 saturated heterocycles. The molecule has 1 aliphatic rings. The molecule has 1 aliphatic heterocycles. The standard InChI is InChI=1S/C13H24N4O3S/c1-15-6-3-5-12(10-15)16(2)21(19,20)13-9-14-17(11-13)7-4-8-18/h9,11-12,18H,3-8,10H2,1-2H3. The van der Waals surface area contributed by atoms with E-state index in [1.807, 2.05) is 7.05 Å². The van der Waals surface area contributed by atoms with Crippen molar-refractivity contribution in [2.24, 2.45) is 0 Å². The van der Waals surface area contributed by atoms with Gasteiger partial charge in [-0.15, -0.1) is 0 Å². The summed E-state index contributed by atoms with van der Waals surface area (Å²) in [5.41, 5.74) is 0. The monoisotopic (exact) mass is 316 g/mol. The van der Waals surface area contributed by atoms with Crippen LogP contribution < -0.4 is 0 Å². The maximum atomic E-state index is 12.6. The van der Waals surface area contributed by atoms with Crippen molar-refractivity contribution in [1.29, 1.82) is 0 Å². The van der Waals surface area contributed by atoms with E-state index >= 15 is 0 Å². The van der Waals surface area contributed by atoms with E-state index in [1.165, 1.54) is 16.7 Å². The van der Waals surface area contributed by atoms with Crippen molar-refractivity contribution in [3.05, 3.63) is 12.4 Å². The Kier molecular flexibility index (Phi) is 5.37. The van der Waals surface area contributed by atoms with Crippen molar-refractivity contribution in [2.75, 3.05) is 33.8 Å². The van der Waals surface area contributed by atoms with Crippen LogP contribution in [0.1, 0.15) is 19.3 Å². The minimum atomic E-state index is -3.51. The van der Waals surface area contributed by atoms with Crippen LogP contribution in [0.25, 0.3) is 0 Å². The molecule has 0 radical (unpaired) electrons. The molecule has 0 aliphatic carbocycles. The molecule has 2 rings (SSSR count). The Labute approximate surface area is 126 Å². The maximum absolute atomic E-state index is 12.6. The summed E-state index contributed by atoms with van der Waals surface area (Å²) in [6.45, 7) is 2.36. The summed E-state index contributed by atoms with van der Waals surface area (Å²) in [4.78, 5) is 2.38. The number of likely N-dealkylation sites (N-methyl/N-ethyl adjacent to an activating group) is 2. The molecule has 1 atom stereocenters. The number of likely N-dealkylation sites (tertiary alicyclic amines) is 1. The molecule has 21 heavy (non-hydrogen) atoms. The molecule has 1 N–H and O–H groups in total. The SMILES string of the molecule is CN1CCCC(N(C)S(=O)(=O)c2cnn(CCCO)c2)C1. The van der Waals surface area contributed by atoms with Crippen LogP contribution >= 0.6 is 0 Å². The second kappa shape index (κ2) is 6.87. The second-order valence-corrected chi connectivity index (χ2v) is 7.59. The largest absolute Gasteiger partial charge is 0.396 e. The van der Waals surface area contributed by atoms with Crippen molar-refractivity contribution in [2.45, 2.75) is 36.7 Å². The average Bonchev–Trinajstić information content (AvgIpc) is 2.93. The van der Waals surface area contributed by atoms with E-state index in [1.54, 1.807) is 11.7 Å². The Morgan fingerprint density at radius 1 is 1.52 bits per heavy atom. The fourth-order valence-corrected chi connectivity index (χ4v) is 3.96. The summed E-state index contributed by atoms with van der Waals surface area (Å²) >= 11 is 0. The zero-order valence-electron chi connectivity index (χ0n) is 12.6. The third-order valence-corrected chi connectivity index (χ3v) is 5.81. The summed E-state index contributed by atoms with van der Waals surface area (Å²) in [6.07, 6.45) is 5.38. The van der Waals surface area contributed by atoms with Gasteiger partial charge in [-0.05, 0) is 32.9 Å². The first-order chi connectivity index (χ1) is 9.95. The Morgan fingerprint density at radius 2 is 2.29 bits per heavy atom. The first-order valence-electron chi connectivity index (χ1n) is 7.25. The smallest absolute Gasteiger partial charge is 0.246 e. The summed E-state index contributed by atoms with van der Waals surface area (Å²) in [6, 6.07) is 0.00884. The molecular formula is C13H24N4O3S. The fraction of sp³-hybridized carbons (Fsp3) is 0.769. The third kappa shape index (κ3) is 3.82. The molecule has 2 heterocycles. The number of hydrogen-bond donors (Lipinski definition) is 1. The van der Waals surface area contributed by atoms with Gasteiger partial charge in [0.2, 0.25) is 10.0 Å². The highest BCUT2D eigenvalue weighted by atomic mass is 32.2. The van der Waals surface area contributed by atoms with E-state index in [4.69, 9.17) is 5.11 Å². The van der Waals surface area contributed by atoms with Crippen molar-refractivity contribution >= 4 is 10.0 Å². The Balaban J connectivity index is 2.11. The number of aromatic nitrogens is 2.